The molecular formula is C19H17FN6O2. The van der Waals surface area contributed by atoms with Crippen LogP contribution in [0, 0.1) is 12.7 Å². The van der Waals surface area contributed by atoms with E-state index in [2.05, 4.69) is 30.6 Å². The molecule has 0 amide bonds. The van der Waals surface area contributed by atoms with Crippen molar-refractivity contribution in [2.24, 2.45) is 0 Å². The van der Waals surface area contributed by atoms with E-state index in [4.69, 9.17) is 9.05 Å². The van der Waals surface area contributed by atoms with E-state index in [0.717, 1.165) is 12.0 Å². The van der Waals surface area contributed by atoms with Gasteiger partial charge in [0.1, 0.15) is 11.6 Å². The standard InChI is InChI=1S/C19H17FN6O2/c1-12-23-19(28-25-12)15-4-2-10-21-18(15)22-11-3-5-16-24-17(26-27-16)13-6-8-14(20)9-7-13/h2,4,6-10H,3,5,11H2,1H3,(H,21,22). The second-order valence-electron chi connectivity index (χ2n) is 6.10. The second-order valence-corrected chi connectivity index (χ2v) is 6.10. The van der Waals surface area contributed by atoms with Gasteiger partial charge in [0, 0.05) is 24.7 Å². The highest BCUT2D eigenvalue weighted by Gasteiger charge is 2.13. The maximum Gasteiger partial charge on any atom is 0.261 e. The van der Waals surface area contributed by atoms with Crippen molar-refractivity contribution in [3.05, 3.63) is 60.1 Å². The van der Waals surface area contributed by atoms with Crippen LogP contribution in [0.25, 0.3) is 22.8 Å². The molecule has 0 atom stereocenters. The van der Waals surface area contributed by atoms with Crippen molar-refractivity contribution < 1.29 is 13.4 Å². The third kappa shape index (κ3) is 4.03. The summed E-state index contributed by atoms with van der Waals surface area (Å²) in [6.07, 6.45) is 3.05. The Kier molecular flexibility index (Phi) is 5.05. The Morgan fingerprint density at radius 3 is 2.68 bits per heavy atom. The van der Waals surface area contributed by atoms with Gasteiger partial charge in [0.15, 0.2) is 5.82 Å². The fourth-order valence-electron chi connectivity index (χ4n) is 2.64. The van der Waals surface area contributed by atoms with Crippen LogP contribution in [-0.2, 0) is 6.42 Å². The third-order valence-electron chi connectivity index (χ3n) is 4.00. The van der Waals surface area contributed by atoms with E-state index in [9.17, 15) is 4.39 Å². The van der Waals surface area contributed by atoms with Crippen LogP contribution in [-0.4, -0.2) is 31.8 Å². The zero-order chi connectivity index (χ0) is 19.3. The largest absolute Gasteiger partial charge is 0.369 e. The lowest BCUT2D eigenvalue weighted by molar-refractivity contribution is 0.377. The maximum atomic E-state index is 13.0. The van der Waals surface area contributed by atoms with Crippen LogP contribution in [0.3, 0.4) is 0 Å². The number of aromatic nitrogens is 5. The number of nitrogens with zero attached hydrogens (tertiary/aromatic N) is 5. The van der Waals surface area contributed by atoms with Crippen LogP contribution in [0.2, 0.25) is 0 Å². The Labute approximate surface area is 159 Å². The van der Waals surface area contributed by atoms with E-state index in [1.54, 1.807) is 25.3 Å². The zero-order valence-corrected chi connectivity index (χ0v) is 15.1. The highest BCUT2D eigenvalue weighted by molar-refractivity contribution is 5.68. The lowest BCUT2D eigenvalue weighted by atomic mass is 10.2. The van der Waals surface area contributed by atoms with Gasteiger partial charge in [0.05, 0.1) is 5.56 Å². The second kappa shape index (κ2) is 7.95. The van der Waals surface area contributed by atoms with E-state index in [1.165, 1.54) is 12.1 Å². The minimum Gasteiger partial charge on any atom is -0.369 e. The lowest BCUT2D eigenvalue weighted by Crippen LogP contribution is -2.06. The van der Waals surface area contributed by atoms with Crippen molar-refractivity contribution in [2.75, 3.05) is 11.9 Å². The van der Waals surface area contributed by atoms with Crippen molar-refractivity contribution in [1.29, 1.82) is 0 Å². The fourth-order valence-corrected chi connectivity index (χ4v) is 2.64. The average Bonchev–Trinajstić information content (AvgIpc) is 3.35. The molecule has 0 aliphatic carbocycles. The quantitative estimate of drug-likeness (QED) is 0.485. The van der Waals surface area contributed by atoms with Crippen LogP contribution in [0.1, 0.15) is 18.1 Å². The van der Waals surface area contributed by atoms with Crippen LogP contribution < -0.4 is 5.32 Å². The number of nitrogens with one attached hydrogen (secondary N) is 1. The van der Waals surface area contributed by atoms with Gasteiger partial charge >= 0.3 is 0 Å². The average molecular weight is 380 g/mol. The first-order valence-corrected chi connectivity index (χ1v) is 8.77. The first-order valence-electron chi connectivity index (χ1n) is 8.77. The molecule has 0 aliphatic rings. The van der Waals surface area contributed by atoms with Crippen LogP contribution >= 0.6 is 0 Å². The molecule has 0 saturated carbocycles. The molecule has 0 unspecified atom stereocenters. The Hall–Kier alpha value is -3.62. The molecule has 0 aliphatic heterocycles. The Bertz CT molecular complexity index is 1060. The number of rotatable bonds is 7. The van der Waals surface area contributed by atoms with E-state index in [1.807, 2.05) is 12.1 Å². The minimum absolute atomic E-state index is 0.303. The summed E-state index contributed by atoms with van der Waals surface area (Å²) >= 11 is 0. The van der Waals surface area contributed by atoms with Crippen LogP contribution in [0.15, 0.2) is 51.6 Å². The maximum absolute atomic E-state index is 13.0. The number of benzene rings is 1. The molecule has 1 aromatic carbocycles. The molecule has 3 aromatic heterocycles. The lowest BCUT2D eigenvalue weighted by Gasteiger charge is -2.07. The summed E-state index contributed by atoms with van der Waals surface area (Å²) in [7, 11) is 0. The van der Waals surface area contributed by atoms with Crippen LogP contribution in [0.5, 0.6) is 0 Å². The first-order chi connectivity index (χ1) is 13.7. The van der Waals surface area contributed by atoms with E-state index >= 15 is 0 Å². The third-order valence-corrected chi connectivity index (χ3v) is 4.00. The Morgan fingerprint density at radius 2 is 1.89 bits per heavy atom. The molecule has 4 aromatic rings. The monoisotopic (exact) mass is 380 g/mol. The molecule has 0 radical (unpaired) electrons. The number of aryl methyl sites for hydroxylation is 2. The van der Waals surface area contributed by atoms with Gasteiger partial charge < -0.3 is 14.4 Å². The Morgan fingerprint density at radius 1 is 1.04 bits per heavy atom. The molecular weight excluding hydrogens is 363 g/mol. The summed E-state index contributed by atoms with van der Waals surface area (Å²) in [5, 5.41) is 11.0. The topological polar surface area (TPSA) is 103 Å². The molecule has 0 fully saturated rings. The molecule has 0 saturated heterocycles. The highest BCUT2D eigenvalue weighted by atomic mass is 19.1. The van der Waals surface area contributed by atoms with E-state index < -0.39 is 0 Å². The highest BCUT2D eigenvalue weighted by Crippen LogP contribution is 2.24. The molecule has 1 N–H and O–H groups in total. The van der Waals surface area contributed by atoms with E-state index in [0.29, 0.717) is 47.8 Å². The van der Waals surface area contributed by atoms with Gasteiger partial charge in [0.2, 0.25) is 11.7 Å². The number of hydrogen-bond donors (Lipinski definition) is 1. The summed E-state index contributed by atoms with van der Waals surface area (Å²) in [6, 6.07) is 9.65. The van der Waals surface area contributed by atoms with Crippen molar-refractivity contribution >= 4 is 5.82 Å². The van der Waals surface area contributed by atoms with Gasteiger partial charge in [-0.25, -0.2) is 9.37 Å². The summed E-state index contributed by atoms with van der Waals surface area (Å²) in [6.45, 7) is 2.41. The molecule has 8 nitrogen and oxygen atoms in total. The summed E-state index contributed by atoms with van der Waals surface area (Å²) in [5.74, 6) is 2.33. The van der Waals surface area contributed by atoms with E-state index in [-0.39, 0.29) is 5.82 Å². The molecule has 0 bridgehead atoms. The molecule has 9 heteroatoms. The smallest absolute Gasteiger partial charge is 0.261 e. The summed E-state index contributed by atoms with van der Waals surface area (Å²) in [5.41, 5.74) is 1.46. The van der Waals surface area contributed by atoms with Crippen LogP contribution in [0.4, 0.5) is 10.2 Å². The van der Waals surface area contributed by atoms with Gasteiger partial charge in [-0.15, -0.1) is 0 Å². The molecule has 28 heavy (non-hydrogen) atoms. The summed E-state index contributed by atoms with van der Waals surface area (Å²) < 4.78 is 23.5. The Balaban J connectivity index is 1.34. The van der Waals surface area contributed by atoms with Crippen molar-refractivity contribution in [2.45, 2.75) is 19.8 Å². The molecule has 4 rings (SSSR count). The predicted octanol–water partition coefficient (Wildman–Crippen LogP) is 3.67. The number of hydrogen-bond acceptors (Lipinski definition) is 8. The number of halogens is 1. The first kappa shape index (κ1) is 17.8. The normalized spacial score (nSPS) is 10.9. The van der Waals surface area contributed by atoms with Gasteiger partial charge in [-0.05, 0) is 49.7 Å². The molecule has 3 heterocycles. The molecule has 0 spiro atoms. The van der Waals surface area contributed by atoms with Gasteiger partial charge in [-0.2, -0.15) is 9.97 Å². The van der Waals surface area contributed by atoms with Gasteiger partial charge in [-0.1, -0.05) is 10.3 Å². The van der Waals surface area contributed by atoms with Crippen molar-refractivity contribution in [3.63, 3.8) is 0 Å². The SMILES string of the molecule is Cc1noc(-c2cccnc2NCCCc2nc(-c3ccc(F)cc3)no2)n1. The predicted molar refractivity (Wildman–Crippen MR) is 98.8 cm³/mol. The van der Waals surface area contributed by atoms with Crippen molar-refractivity contribution in [3.8, 4) is 22.8 Å². The summed E-state index contributed by atoms with van der Waals surface area (Å²) in [4.78, 5) is 12.9. The van der Waals surface area contributed by atoms with Crippen molar-refractivity contribution in [1.82, 2.24) is 25.3 Å². The minimum atomic E-state index is -0.303. The number of anilines is 1. The van der Waals surface area contributed by atoms with Gasteiger partial charge in [0.25, 0.3) is 5.89 Å². The number of pyridine rings is 1. The molecule has 142 valence electrons. The zero-order valence-electron chi connectivity index (χ0n) is 15.1. The van der Waals surface area contributed by atoms with Gasteiger partial charge in [-0.3, -0.25) is 0 Å². The fraction of sp³-hybridized carbons (Fsp3) is 0.211.